The molecule has 1 aromatic heterocycles. The summed E-state index contributed by atoms with van der Waals surface area (Å²) >= 11 is 0. The van der Waals surface area contributed by atoms with Crippen LogP contribution in [-0.4, -0.2) is 28.6 Å². The maximum absolute atomic E-state index is 11.4. The van der Waals surface area contributed by atoms with Gasteiger partial charge in [-0.2, -0.15) is 0 Å². The lowest BCUT2D eigenvalue weighted by molar-refractivity contribution is 0.0696. The highest BCUT2D eigenvalue weighted by molar-refractivity contribution is 5.88. The molecule has 4 nitrogen and oxygen atoms in total. The summed E-state index contributed by atoms with van der Waals surface area (Å²) in [6.07, 6.45) is 8.20. The fraction of sp³-hybridized carbons (Fsp3) is 0.647. The summed E-state index contributed by atoms with van der Waals surface area (Å²) < 4.78 is 0. The van der Waals surface area contributed by atoms with Crippen LogP contribution in [-0.2, 0) is 6.42 Å². The normalized spacial score (nSPS) is 24.9. The van der Waals surface area contributed by atoms with Gasteiger partial charge in [0.15, 0.2) is 0 Å². The average Bonchev–Trinajstić information content (AvgIpc) is 2.95. The van der Waals surface area contributed by atoms with Crippen LogP contribution in [0.5, 0.6) is 0 Å². The van der Waals surface area contributed by atoms with Gasteiger partial charge in [-0.25, -0.2) is 9.78 Å². The minimum atomic E-state index is -0.851. The van der Waals surface area contributed by atoms with Crippen molar-refractivity contribution in [3.63, 3.8) is 0 Å². The number of fused-ring (bicyclic) bond motifs is 1. The third-order valence-corrected chi connectivity index (χ3v) is 4.91. The number of carboxylic acid groups (broad SMARTS) is 1. The van der Waals surface area contributed by atoms with E-state index in [1.807, 2.05) is 0 Å². The van der Waals surface area contributed by atoms with E-state index in [1.165, 1.54) is 32.1 Å². The number of aryl methyl sites for hydroxylation is 1. The van der Waals surface area contributed by atoms with Crippen molar-refractivity contribution in [3.8, 4) is 0 Å². The number of hydrogen-bond donors (Lipinski definition) is 1. The molecule has 2 heterocycles. The minimum Gasteiger partial charge on any atom is -0.478 e. The smallest absolute Gasteiger partial charge is 0.335 e. The van der Waals surface area contributed by atoms with E-state index in [0.717, 1.165) is 36.8 Å². The number of aromatic carboxylic acids is 1. The Balaban J connectivity index is 1.94. The largest absolute Gasteiger partial charge is 0.478 e. The lowest BCUT2D eigenvalue weighted by Gasteiger charge is -2.39. The number of carboxylic acids is 1. The van der Waals surface area contributed by atoms with Gasteiger partial charge in [0.05, 0.1) is 5.56 Å². The maximum Gasteiger partial charge on any atom is 0.335 e. The summed E-state index contributed by atoms with van der Waals surface area (Å²) in [6.45, 7) is 3.12. The van der Waals surface area contributed by atoms with Crippen LogP contribution < -0.4 is 4.90 Å². The Hall–Kier alpha value is -1.58. The molecule has 2 atom stereocenters. The van der Waals surface area contributed by atoms with Gasteiger partial charge >= 0.3 is 5.97 Å². The Morgan fingerprint density at radius 3 is 2.90 bits per heavy atom. The Bertz CT molecular complexity index is 530. The second kappa shape index (κ2) is 6.04. The summed E-state index contributed by atoms with van der Waals surface area (Å²) in [5.74, 6) is 0.814. The van der Waals surface area contributed by atoms with Crippen molar-refractivity contribution < 1.29 is 9.90 Å². The van der Waals surface area contributed by atoms with Crippen molar-refractivity contribution in [1.29, 1.82) is 0 Å². The summed E-state index contributed by atoms with van der Waals surface area (Å²) in [7, 11) is 0. The topological polar surface area (TPSA) is 53.4 Å². The summed E-state index contributed by atoms with van der Waals surface area (Å²) in [5.41, 5.74) is 1.29. The quantitative estimate of drug-likeness (QED) is 0.921. The van der Waals surface area contributed by atoms with E-state index in [9.17, 15) is 9.90 Å². The number of pyridine rings is 1. The van der Waals surface area contributed by atoms with Crippen molar-refractivity contribution in [3.05, 3.63) is 23.4 Å². The molecule has 1 saturated heterocycles. The predicted octanol–water partition coefficient (Wildman–Crippen LogP) is 3.50. The molecule has 21 heavy (non-hydrogen) atoms. The number of hydrogen-bond acceptors (Lipinski definition) is 3. The fourth-order valence-electron chi connectivity index (χ4n) is 3.97. The molecular formula is C17H24N2O2. The van der Waals surface area contributed by atoms with Gasteiger partial charge < -0.3 is 10.0 Å². The van der Waals surface area contributed by atoms with Gasteiger partial charge in [-0.1, -0.05) is 19.8 Å². The van der Waals surface area contributed by atoms with Crippen LogP contribution in [0, 0.1) is 5.92 Å². The first-order valence-electron chi connectivity index (χ1n) is 8.20. The number of piperidine rings is 1. The molecular weight excluding hydrogens is 264 g/mol. The van der Waals surface area contributed by atoms with E-state index >= 15 is 0 Å². The standard InChI is InChI=1S/C17H24N2O2/c1-2-5-14-10-13(17(20)21)11-16(18-14)19-9-4-7-12-6-3-8-15(12)19/h10-12,15H,2-9H2,1H3,(H,20,21). The average molecular weight is 288 g/mol. The molecule has 0 radical (unpaired) electrons. The summed E-state index contributed by atoms with van der Waals surface area (Å²) in [5, 5.41) is 9.34. The van der Waals surface area contributed by atoms with Crippen molar-refractivity contribution in [1.82, 2.24) is 4.98 Å². The van der Waals surface area contributed by atoms with Crippen molar-refractivity contribution >= 4 is 11.8 Å². The highest BCUT2D eigenvalue weighted by atomic mass is 16.4. The van der Waals surface area contributed by atoms with Crippen molar-refractivity contribution in [2.24, 2.45) is 5.92 Å². The highest BCUT2D eigenvalue weighted by Gasteiger charge is 2.35. The monoisotopic (exact) mass is 288 g/mol. The SMILES string of the molecule is CCCc1cc(C(=O)O)cc(N2CCCC3CCCC32)n1. The predicted molar refractivity (Wildman–Crippen MR) is 82.9 cm³/mol. The van der Waals surface area contributed by atoms with Crippen molar-refractivity contribution in [2.45, 2.75) is 57.9 Å². The third kappa shape index (κ3) is 2.89. The molecule has 1 saturated carbocycles. The van der Waals surface area contributed by atoms with Crippen LogP contribution >= 0.6 is 0 Å². The molecule has 114 valence electrons. The number of aromatic nitrogens is 1. The molecule has 1 aliphatic carbocycles. The van der Waals surface area contributed by atoms with Gasteiger partial charge in [0.25, 0.3) is 0 Å². The molecule has 2 aliphatic rings. The second-order valence-electron chi connectivity index (χ2n) is 6.35. The van der Waals surface area contributed by atoms with Gasteiger partial charge in [0.1, 0.15) is 5.82 Å². The van der Waals surface area contributed by atoms with Crippen molar-refractivity contribution in [2.75, 3.05) is 11.4 Å². The van der Waals surface area contributed by atoms with Gasteiger partial charge in [-0.05, 0) is 50.2 Å². The third-order valence-electron chi connectivity index (χ3n) is 4.91. The summed E-state index contributed by atoms with van der Waals surface area (Å²) in [4.78, 5) is 18.5. The Morgan fingerprint density at radius 1 is 1.33 bits per heavy atom. The molecule has 0 spiro atoms. The zero-order chi connectivity index (χ0) is 14.8. The molecule has 1 aromatic rings. The van der Waals surface area contributed by atoms with E-state index in [2.05, 4.69) is 11.8 Å². The molecule has 4 heteroatoms. The molecule has 0 amide bonds. The van der Waals surface area contributed by atoms with Gasteiger partial charge in [0.2, 0.25) is 0 Å². The first-order chi connectivity index (χ1) is 10.2. The van der Waals surface area contributed by atoms with E-state index in [1.54, 1.807) is 12.1 Å². The summed E-state index contributed by atoms with van der Waals surface area (Å²) in [6, 6.07) is 4.07. The number of anilines is 1. The molecule has 3 rings (SSSR count). The highest BCUT2D eigenvalue weighted by Crippen LogP contribution is 2.38. The van der Waals surface area contributed by atoms with Gasteiger partial charge in [-0.15, -0.1) is 0 Å². The van der Waals surface area contributed by atoms with E-state index in [-0.39, 0.29) is 0 Å². The zero-order valence-electron chi connectivity index (χ0n) is 12.7. The van der Waals surface area contributed by atoms with Crippen LogP contribution in [0.2, 0.25) is 0 Å². The number of rotatable bonds is 4. The lowest BCUT2D eigenvalue weighted by atomic mass is 9.92. The van der Waals surface area contributed by atoms with Crippen LogP contribution in [0.15, 0.2) is 12.1 Å². The first kappa shape index (κ1) is 14.4. The molecule has 1 N–H and O–H groups in total. The van der Waals surface area contributed by atoms with Gasteiger partial charge in [0, 0.05) is 18.3 Å². The van der Waals surface area contributed by atoms with E-state index in [4.69, 9.17) is 4.98 Å². The molecule has 0 bridgehead atoms. The lowest BCUT2D eigenvalue weighted by Crippen LogP contribution is -2.43. The fourth-order valence-corrected chi connectivity index (χ4v) is 3.97. The molecule has 1 aliphatic heterocycles. The second-order valence-corrected chi connectivity index (χ2v) is 6.35. The maximum atomic E-state index is 11.4. The minimum absolute atomic E-state index is 0.378. The Kier molecular flexibility index (Phi) is 4.13. The first-order valence-corrected chi connectivity index (χ1v) is 8.20. The van der Waals surface area contributed by atoms with Gasteiger partial charge in [-0.3, -0.25) is 0 Å². The Morgan fingerprint density at radius 2 is 2.14 bits per heavy atom. The van der Waals surface area contributed by atoms with E-state index in [0.29, 0.717) is 11.6 Å². The molecule has 2 fully saturated rings. The Labute approximate surface area is 126 Å². The van der Waals surface area contributed by atoms with Crippen LogP contribution in [0.1, 0.15) is 61.5 Å². The number of nitrogens with zero attached hydrogens (tertiary/aromatic N) is 2. The van der Waals surface area contributed by atoms with E-state index < -0.39 is 5.97 Å². The van der Waals surface area contributed by atoms with Crippen LogP contribution in [0.3, 0.4) is 0 Å². The molecule has 0 aromatic carbocycles. The number of carbonyl (C=O) groups is 1. The van der Waals surface area contributed by atoms with Crippen LogP contribution in [0.25, 0.3) is 0 Å². The zero-order valence-corrected chi connectivity index (χ0v) is 12.7. The molecule has 2 unspecified atom stereocenters. The van der Waals surface area contributed by atoms with Crippen LogP contribution in [0.4, 0.5) is 5.82 Å².